The van der Waals surface area contributed by atoms with E-state index in [2.05, 4.69) is 9.97 Å². The number of sulfonamides is 1. The van der Waals surface area contributed by atoms with Crippen molar-refractivity contribution in [3.63, 3.8) is 0 Å². The highest BCUT2D eigenvalue weighted by Gasteiger charge is 2.29. The Bertz CT molecular complexity index is 858. The van der Waals surface area contributed by atoms with Gasteiger partial charge in [0.2, 0.25) is 15.9 Å². The van der Waals surface area contributed by atoms with Gasteiger partial charge in [-0.15, -0.1) is 0 Å². The molecular weight excluding hydrogens is 356 g/mol. The molecule has 9 heteroatoms. The van der Waals surface area contributed by atoms with Gasteiger partial charge in [-0.2, -0.15) is 14.3 Å². The minimum absolute atomic E-state index is 0.217. The van der Waals surface area contributed by atoms with Crippen molar-refractivity contribution in [1.82, 2.24) is 14.3 Å². The summed E-state index contributed by atoms with van der Waals surface area (Å²) in [6.07, 6.45) is 0. The highest BCUT2D eigenvalue weighted by molar-refractivity contribution is 7.89. The standard InChI is InChI=1S/C17H22N4O4S/c1-13-5-4-6-14(11-13)26(22,23)21-9-7-20(8-10-21)15-12-16(24-2)19-17(18-15)25-3/h4-6,11-12H,7-10H2,1-3H3. The van der Waals surface area contributed by atoms with E-state index >= 15 is 0 Å². The molecule has 1 fully saturated rings. The number of methoxy groups -OCH3 is 2. The molecule has 140 valence electrons. The van der Waals surface area contributed by atoms with E-state index in [1.165, 1.54) is 18.5 Å². The molecule has 2 aromatic rings. The lowest BCUT2D eigenvalue weighted by Crippen LogP contribution is -2.49. The molecule has 1 aliphatic rings. The summed E-state index contributed by atoms with van der Waals surface area (Å²) in [4.78, 5) is 10.7. The van der Waals surface area contributed by atoms with Crippen LogP contribution in [0.5, 0.6) is 11.9 Å². The Labute approximate surface area is 153 Å². The van der Waals surface area contributed by atoms with E-state index in [1.54, 1.807) is 24.3 Å². The van der Waals surface area contributed by atoms with Crippen LogP contribution in [-0.4, -0.2) is 63.1 Å². The van der Waals surface area contributed by atoms with Gasteiger partial charge in [0.25, 0.3) is 0 Å². The van der Waals surface area contributed by atoms with Crippen LogP contribution in [0.2, 0.25) is 0 Å². The van der Waals surface area contributed by atoms with Crippen molar-refractivity contribution in [2.75, 3.05) is 45.3 Å². The van der Waals surface area contributed by atoms with Gasteiger partial charge in [-0.05, 0) is 24.6 Å². The maximum atomic E-state index is 12.8. The number of benzene rings is 1. The molecule has 0 atom stereocenters. The Kier molecular flexibility index (Phi) is 5.28. The Morgan fingerprint density at radius 1 is 1.00 bits per heavy atom. The topological polar surface area (TPSA) is 84.9 Å². The van der Waals surface area contributed by atoms with Crippen molar-refractivity contribution < 1.29 is 17.9 Å². The Morgan fingerprint density at radius 2 is 1.73 bits per heavy atom. The van der Waals surface area contributed by atoms with Crippen LogP contribution in [0.3, 0.4) is 0 Å². The molecule has 1 saturated heterocycles. The molecule has 2 heterocycles. The number of aryl methyl sites for hydroxylation is 1. The maximum absolute atomic E-state index is 12.8. The smallest absolute Gasteiger partial charge is 0.321 e. The summed E-state index contributed by atoms with van der Waals surface area (Å²) in [7, 11) is -0.475. The normalized spacial score (nSPS) is 15.7. The number of hydrogen-bond donors (Lipinski definition) is 0. The zero-order chi connectivity index (χ0) is 18.7. The number of anilines is 1. The summed E-state index contributed by atoms with van der Waals surface area (Å²) < 4.78 is 37.4. The molecule has 0 amide bonds. The number of nitrogens with zero attached hydrogens (tertiary/aromatic N) is 4. The van der Waals surface area contributed by atoms with Crippen molar-refractivity contribution in [1.29, 1.82) is 0 Å². The van der Waals surface area contributed by atoms with Gasteiger partial charge in [-0.25, -0.2) is 8.42 Å². The van der Waals surface area contributed by atoms with E-state index in [4.69, 9.17) is 9.47 Å². The SMILES string of the molecule is COc1cc(N2CCN(S(=O)(=O)c3cccc(C)c3)CC2)nc(OC)n1. The second kappa shape index (κ2) is 7.46. The lowest BCUT2D eigenvalue weighted by molar-refractivity contribution is 0.349. The monoisotopic (exact) mass is 378 g/mol. The van der Waals surface area contributed by atoms with Gasteiger partial charge < -0.3 is 14.4 Å². The lowest BCUT2D eigenvalue weighted by atomic mass is 10.2. The molecule has 0 N–H and O–H groups in total. The largest absolute Gasteiger partial charge is 0.481 e. The molecular formula is C17H22N4O4S. The van der Waals surface area contributed by atoms with Gasteiger partial charge in [0, 0.05) is 32.2 Å². The first-order valence-electron chi connectivity index (χ1n) is 8.23. The maximum Gasteiger partial charge on any atom is 0.321 e. The van der Waals surface area contributed by atoms with Crippen LogP contribution in [-0.2, 0) is 10.0 Å². The second-order valence-electron chi connectivity index (χ2n) is 5.96. The van der Waals surface area contributed by atoms with Crippen LogP contribution in [0, 0.1) is 6.92 Å². The molecule has 0 saturated carbocycles. The van der Waals surface area contributed by atoms with Crippen LogP contribution < -0.4 is 14.4 Å². The third-order valence-corrected chi connectivity index (χ3v) is 6.14. The number of rotatable bonds is 5. The van der Waals surface area contributed by atoms with Gasteiger partial charge in [0.15, 0.2) is 0 Å². The zero-order valence-electron chi connectivity index (χ0n) is 15.0. The fraction of sp³-hybridized carbons (Fsp3) is 0.412. The van der Waals surface area contributed by atoms with Gasteiger partial charge in [0.05, 0.1) is 19.1 Å². The minimum atomic E-state index is -3.49. The van der Waals surface area contributed by atoms with E-state index in [9.17, 15) is 8.42 Å². The molecule has 1 aromatic heterocycles. The van der Waals surface area contributed by atoms with Crippen LogP contribution >= 0.6 is 0 Å². The Balaban J connectivity index is 1.75. The molecule has 0 bridgehead atoms. The summed E-state index contributed by atoms with van der Waals surface area (Å²) in [5.74, 6) is 1.06. The number of piperazine rings is 1. The fourth-order valence-corrected chi connectivity index (χ4v) is 4.36. The minimum Gasteiger partial charge on any atom is -0.481 e. The van der Waals surface area contributed by atoms with Crippen LogP contribution in [0.15, 0.2) is 35.2 Å². The molecule has 3 rings (SSSR count). The Morgan fingerprint density at radius 3 is 2.35 bits per heavy atom. The molecule has 0 unspecified atom stereocenters. The van der Waals surface area contributed by atoms with Crippen molar-refractivity contribution in [2.45, 2.75) is 11.8 Å². The van der Waals surface area contributed by atoms with E-state index < -0.39 is 10.0 Å². The van der Waals surface area contributed by atoms with Gasteiger partial charge in [0.1, 0.15) is 5.82 Å². The summed E-state index contributed by atoms with van der Waals surface area (Å²) in [5, 5.41) is 0. The third kappa shape index (κ3) is 3.73. The summed E-state index contributed by atoms with van der Waals surface area (Å²) >= 11 is 0. The molecule has 0 aliphatic carbocycles. The third-order valence-electron chi connectivity index (χ3n) is 4.25. The van der Waals surface area contributed by atoms with Gasteiger partial charge in [-0.1, -0.05) is 12.1 Å². The zero-order valence-corrected chi connectivity index (χ0v) is 15.9. The first kappa shape index (κ1) is 18.4. The second-order valence-corrected chi connectivity index (χ2v) is 7.90. The predicted molar refractivity (Wildman–Crippen MR) is 97.3 cm³/mol. The number of hydrogen-bond acceptors (Lipinski definition) is 7. The van der Waals surface area contributed by atoms with E-state index in [0.717, 1.165) is 5.56 Å². The summed E-state index contributed by atoms with van der Waals surface area (Å²) in [6.45, 7) is 3.69. The Hall–Kier alpha value is -2.39. The van der Waals surface area contributed by atoms with Crippen molar-refractivity contribution >= 4 is 15.8 Å². The van der Waals surface area contributed by atoms with Crippen LogP contribution in [0.4, 0.5) is 5.82 Å². The molecule has 1 aromatic carbocycles. The summed E-state index contributed by atoms with van der Waals surface area (Å²) in [5.41, 5.74) is 0.921. The lowest BCUT2D eigenvalue weighted by Gasteiger charge is -2.34. The fourth-order valence-electron chi connectivity index (χ4n) is 2.83. The average molecular weight is 378 g/mol. The molecule has 8 nitrogen and oxygen atoms in total. The first-order valence-corrected chi connectivity index (χ1v) is 9.67. The first-order chi connectivity index (χ1) is 12.4. The highest BCUT2D eigenvalue weighted by Crippen LogP contribution is 2.24. The number of aromatic nitrogens is 2. The van der Waals surface area contributed by atoms with Crippen molar-refractivity contribution in [3.8, 4) is 11.9 Å². The van der Waals surface area contributed by atoms with Crippen molar-refractivity contribution in [2.24, 2.45) is 0 Å². The molecule has 26 heavy (non-hydrogen) atoms. The van der Waals surface area contributed by atoms with E-state index in [-0.39, 0.29) is 6.01 Å². The molecule has 0 radical (unpaired) electrons. The van der Waals surface area contributed by atoms with E-state index in [0.29, 0.717) is 42.8 Å². The molecule has 0 spiro atoms. The van der Waals surface area contributed by atoms with Crippen molar-refractivity contribution in [3.05, 3.63) is 35.9 Å². The highest BCUT2D eigenvalue weighted by atomic mass is 32.2. The van der Waals surface area contributed by atoms with Gasteiger partial charge in [-0.3, -0.25) is 0 Å². The number of ether oxygens (including phenoxy) is 2. The van der Waals surface area contributed by atoms with Gasteiger partial charge >= 0.3 is 6.01 Å². The average Bonchev–Trinajstić information content (AvgIpc) is 2.67. The summed E-state index contributed by atoms with van der Waals surface area (Å²) in [6, 6.07) is 8.91. The van der Waals surface area contributed by atoms with Crippen LogP contribution in [0.25, 0.3) is 0 Å². The predicted octanol–water partition coefficient (Wildman–Crippen LogP) is 1.31. The van der Waals surface area contributed by atoms with E-state index in [1.807, 2.05) is 17.9 Å². The quantitative estimate of drug-likeness (QED) is 0.775. The molecule has 1 aliphatic heterocycles. The van der Waals surface area contributed by atoms with Crippen LogP contribution in [0.1, 0.15) is 5.56 Å².